The molecule has 1 unspecified atom stereocenters. The van der Waals surface area contributed by atoms with Crippen LogP contribution in [0.3, 0.4) is 0 Å². The minimum Gasteiger partial charge on any atom is -0.464 e. The van der Waals surface area contributed by atoms with Gasteiger partial charge in [0.2, 0.25) is 0 Å². The summed E-state index contributed by atoms with van der Waals surface area (Å²) in [5.74, 6) is -0.604. The van der Waals surface area contributed by atoms with Crippen molar-refractivity contribution in [1.29, 1.82) is 0 Å². The van der Waals surface area contributed by atoms with Crippen molar-refractivity contribution in [2.75, 3.05) is 13.2 Å². The molecular weight excluding hydrogens is 194 g/mol. The van der Waals surface area contributed by atoms with Crippen molar-refractivity contribution in [3.8, 4) is 0 Å². The molecule has 0 saturated heterocycles. The Kier molecular flexibility index (Phi) is 7.21. The van der Waals surface area contributed by atoms with Crippen molar-refractivity contribution >= 4 is 18.4 Å². The fraction of sp³-hybridized carbons (Fsp3) is 0.875. The monoisotopic (exact) mass is 211 g/mol. The number of aliphatic hydroxyl groups excluding tert-OH is 1. The van der Waals surface area contributed by atoms with Crippen molar-refractivity contribution in [3.05, 3.63) is 0 Å². The van der Waals surface area contributed by atoms with Gasteiger partial charge in [-0.05, 0) is 6.92 Å². The summed E-state index contributed by atoms with van der Waals surface area (Å²) in [4.78, 5) is 11.0. The highest BCUT2D eigenvalue weighted by molar-refractivity contribution is 5.85. The third kappa shape index (κ3) is 4.45. The van der Waals surface area contributed by atoms with Crippen molar-refractivity contribution < 1.29 is 14.6 Å². The fourth-order valence-electron chi connectivity index (χ4n) is 0.652. The van der Waals surface area contributed by atoms with Crippen LogP contribution in [-0.4, -0.2) is 30.3 Å². The summed E-state index contributed by atoms with van der Waals surface area (Å²) in [6.45, 7) is 5.65. The molecule has 0 aliphatic rings. The number of rotatable bonds is 4. The Morgan fingerprint density at radius 2 is 2.08 bits per heavy atom. The maximum absolute atomic E-state index is 11.0. The van der Waals surface area contributed by atoms with Crippen molar-refractivity contribution in [2.45, 2.75) is 26.9 Å². The quantitative estimate of drug-likeness (QED) is 0.657. The molecule has 0 spiro atoms. The lowest BCUT2D eigenvalue weighted by Crippen LogP contribution is -2.42. The largest absolute Gasteiger partial charge is 0.464 e. The van der Waals surface area contributed by atoms with Gasteiger partial charge in [-0.25, -0.2) is 4.79 Å². The summed E-state index contributed by atoms with van der Waals surface area (Å²) in [6, 6.07) is 0. The van der Waals surface area contributed by atoms with Crippen LogP contribution in [0.5, 0.6) is 0 Å². The van der Waals surface area contributed by atoms with E-state index in [1.165, 1.54) is 0 Å². The van der Waals surface area contributed by atoms with Crippen LogP contribution in [0.1, 0.15) is 20.8 Å². The second-order valence-corrected chi connectivity index (χ2v) is 3.35. The first-order valence-electron chi connectivity index (χ1n) is 4.00. The van der Waals surface area contributed by atoms with Gasteiger partial charge in [-0.15, -0.1) is 12.4 Å². The van der Waals surface area contributed by atoms with E-state index in [0.29, 0.717) is 0 Å². The zero-order valence-electron chi connectivity index (χ0n) is 8.24. The number of carbonyl (C=O) groups is 1. The Morgan fingerprint density at radius 3 is 2.38 bits per heavy atom. The molecule has 0 aromatic heterocycles. The summed E-state index contributed by atoms with van der Waals surface area (Å²) in [6.07, 6.45) is -1.14. The second-order valence-electron chi connectivity index (χ2n) is 3.35. The van der Waals surface area contributed by atoms with Crippen molar-refractivity contribution in [3.63, 3.8) is 0 Å². The zero-order chi connectivity index (χ0) is 9.78. The molecule has 5 heteroatoms. The Balaban J connectivity index is 0. The average Bonchev–Trinajstić information content (AvgIpc) is 2.03. The molecule has 4 nitrogen and oxygen atoms in total. The number of halogens is 1. The van der Waals surface area contributed by atoms with Crippen LogP contribution in [-0.2, 0) is 9.53 Å². The number of hydrogen-bond donors (Lipinski definition) is 2. The molecule has 0 amide bonds. The van der Waals surface area contributed by atoms with E-state index in [4.69, 9.17) is 5.73 Å². The minimum absolute atomic E-state index is 0. The molecule has 0 aromatic rings. The smallest absolute Gasteiger partial charge is 0.335 e. The number of hydrogen-bond acceptors (Lipinski definition) is 4. The molecule has 13 heavy (non-hydrogen) atoms. The predicted molar refractivity (Wildman–Crippen MR) is 52.7 cm³/mol. The number of ether oxygens (including phenoxy) is 1. The fourth-order valence-corrected chi connectivity index (χ4v) is 0.652. The van der Waals surface area contributed by atoms with Gasteiger partial charge in [0.05, 0.1) is 6.61 Å². The normalized spacial score (nSPS) is 13.0. The number of aliphatic hydroxyl groups is 1. The highest BCUT2D eigenvalue weighted by Gasteiger charge is 2.33. The van der Waals surface area contributed by atoms with E-state index in [9.17, 15) is 9.90 Å². The van der Waals surface area contributed by atoms with Gasteiger partial charge >= 0.3 is 5.97 Å². The Labute approximate surface area is 84.9 Å². The SMILES string of the molecule is CCOC(=O)C(O)C(C)(C)CN.Cl. The van der Waals surface area contributed by atoms with Crippen LogP contribution in [0.15, 0.2) is 0 Å². The van der Waals surface area contributed by atoms with Gasteiger partial charge in [-0.1, -0.05) is 13.8 Å². The maximum atomic E-state index is 11.0. The molecule has 0 rings (SSSR count). The lowest BCUT2D eigenvalue weighted by Gasteiger charge is -2.26. The van der Waals surface area contributed by atoms with Crippen LogP contribution < -0.4 is 5.73 Å². The van der Waals surface area contributed by atoms with E-state index in [0.717, 1.165) is 0 Å². The van der Waals surface area contributed by atoms with E-state index >= 15 is 0 Å². The predicted octanol–water partition coefficient (Wildman–Crippen LogP) is 0.317. The van der Waals surface area contributed by atoms with E-state index in [1.54, 1.807) is 20.8 Å². The zero-order valence-corrected chi connectivity index (χ0v) is 9.06. The van der Waals surface area contributed by atoms with Gasteiger partial charge in [-0.2, -0.15) is 0 Å². The maximum Gasteiger partial charge on any atom is 0.335 e. The van der Waals surface area contributed by atoms with E-state index in [1.807, 2.05) is 0 Å². The van der Waals surface area contributed by atoms with E-state index in [2.05, 4.69) is 4.74 Å². The summed E-state index contributed by atoms with van der Waals surface area (Å²) in [7, 11) is 0. The molecule has 80 valence electrons. The first-order valence-corrected chi connectivity index (χ1v) is 4.00. The molecule has 0 aliphatic heterocycles. The molecule has 0 radical (unpaired) electrons. The van der Waals surface area contributed by atoms with Gasteiger partial charge in [0.1, 0.15) is 0 Å². The summed E-state index contributed by atoms with van der Waals surface area (Å²) in [5.41, 5.74) is 4.75. The highest BCUT2D eigenvalue weighted by atomic mass is 35.5. The molecule has 0 saturated carbocycles. The Hall–Kier alpha value is -0.320. The number of carbonyl (C=O) groups excluding carboxylic acids is 1. The lowest BCUT2D eigenvalue weighted by molar-refractivity contribution is -0.159. The van der Waals surface area contributed by atoms with E-state index < -0.39 is 17.5 Å². The summed E-state index contributed by atoms with van der Waals surface area (Å²) >= 11 is 0. The summed E-state index contributed by atoms with van der Waals surface area (Å²) < 4.78 is 4.65. The average molecular weight is 212 g/mol. The Bertz CT molecular complexity index is 161. The van der Waals surface area contributed by atoms with E-state index in [-0.39, 0.29) is 25.6 Å². The number of nitrogens with two attached hydrogens (primary N) is 1. The molecule has 0 heterocycles. The first kappa shape index (κ1) is 15.2. The number of esters is 1. The molecule has 1 atom stereocenters. The van der Waals surface area contributed by atoms with Crippen LogP contribution in [0.2, 0.25) is 0 Å². The second kappa shape index (κ2) is 6.18. The lowest BCUT2D eigenvalue weighted by atomic mass is 9.87. The van der Waals surface area contributed by atoms with Gasteiger partial charge in [-0.3, -0.25) is 0 Å². The van der Waals surface area contributed by atoms with Gasteiger partial charge in [0, 0.05) is 12.0 Å². The van der Waals surface area contributed by atoms with Crippen LogP contribution in [0.25, 0.3) is 0 Å². The van der Waals surface area contributed by atoms with Gasteiger partial charge < -0.3 is 15.6 Å². The summed E-state index contributed by atoms with van der Waals surface area (Å²) in [5, 5.41) is 9.42. The van der Waals surface area contributed by atoms with Gasteiger partial charge in [0.25, 0.3) is 0 Å². The standard InChI is InChI=1S/C8H17NO3.ClH/c1-4-12-7(11)6(10)8(2,3)5-9;/h6,10H,4-5,9H2,1-3H3;1H. The van der Waals surface area contributed by atoms with Crippen LogP contribution in [0, 0.1) is 5.41 Å². The van der Waals surface area contributed by atoms with Crippen LogP contribution >= 0.6 is 12.4 Å². The molecular formula is C8H18ClNO3. The van der Waals surface area contributed by atoms with Crippen molar-refractivity contribution in [1.82, 2.24) is 0 Å². The van der Waals surface area contributed by atoms with Crippen molar-refractivity contribution in [2.24, 2.45) is 11.1 Å². The molecule has 3 N–H and O–H groups in total. The molecule has 0 aromatic carbocycles. The topological polar surface area (TPSA) is 72.5 Å². The van der Waals surface area contributed by atoms with Gasteiger partial charge in [0.15, 0.2) is 6.10 Å². The Morgan fingerprint density at radius 1 is 1.62 bits per heavy atom. The first-order chi connectivity index (χ1) is 5.45. The molecule has 0 fully saturated rings. The van der Waals surface area contributed by atoms with Crippen LogP contribution in [0.4, 0.5) is 0 Å². The minimum atomic E-state index is -1.14. The molecule has 0 aliphatic carbocycles. The molecule has 0 bridgehead atoms. The third-order valence-electron chi connectivity index (χ3n) is 1.78. The third-order valence-corrected chi connectivity index (χ3v) is 1.78. The highest BCUT2D eigenvalue weighted by Crippen LogP contribution is 2.19.